The van der Waals surface area contributed by atoms with Gasteiger partial charge in [-0.1, -0.05) is 11.6 Å². The lowest BCUT2D eigenvalue weighted by molar-refractivity contribution is 0.00739. The number of pyridine rings is 1. The van der Waals surface area contributed by atoms with Crippen molar-refractivity contribution >= 4 is 29.1 Å². The molecule has 9 heteroatoms. The van der Waals surface area contributed by atoms with E-state index < -0.39 is 17.7 Å². The number of hydrogen-bond acceptors (Lipinski definition) is 6. The molecular weight excluding hydrogens is 378 g/mol. The molecule has 0 amide bonds. The van der Waals surface area contributed by atoms with Gasteiger partial charge in [-0.2, -0.15) is 8.78 Å². The lowest BCUT2D eigenvalue weighted by Crippen LogP contribution is -2.24. The molecule has 0 unspecified atom stereocenters. The highest BCUT2D eigenvalue weighted by Crippen LogP contribution is 2.58. The van der Waals surface area contributed by atoms with Crippen molar-refractivity contribution in [2.24, 2.45) is 0 Å². The van der Waals surface area contributed by atoms with Gasteiger partial charge in [0, 0.05) is 36.7 Å². The zero-order valence-electron chi connectivity index (χ0n) is 14.8. The lowest BCUT2D eigenvalue weighted by Gasteiger charge is -2.21. The maximum atomic E-state index is 13.9. The molecule has 0 radical (unpaired) electrons. The van der Waals surface area contributed by atoms with Crippen molar-refractivity contribution < 1.29 is 18.3 Å². The number of alkyl halides is 2. The van der Waals surface area contributed by atoms with Crippen LogP contribution in [0, 0.1) is 0 Å². The highest BCUT2D eigenvalue weighted by Gasteiger charge is 2.52. The number of nitrogens with zero attached hydrogens (tertiary/aromatic N) is 4. The largest absolute Gasteiger partial charge is 0.461 e. The minimum absolute atomic E-state index is 0.0587. The Kier molecular flexibility index (Phi) is 4.06. The summed E-state index contributed by atoms with van der Waals surface area (Å²) < 4.78 is 32.8. The van der Waals surface area contributed by atoms with Crippen LogP contribution >= 0.6 is 11.6 Å². The van der Waals surface area contributed by atoms with E-state index in [1.54, 1.807) is 24.1 Å². The molecule has 1 spiro atoms. The van der Waals surface area contributed by atoms with Crippen molar-refractivity contribution in [1.29, 1.82) is 0 Å². The molecule has 0 N–H and O–H groups in total. The van der Waals surface area contributed by atoms with Gasteiger partial charge in [0.2, 0.25) is 5.82 Å². The second kappa shape index (κ2) is 6.09. The fraction of sp³-hybridized carbons (Fsp3) is 0.444. The van der Waals surface area contributed by atoms with E-state index in [0.717, 1.165) is 24.1 Å². The zero-order chi connectivity index (χ0) is 19.4. The number of ether oxygens (including phenoxy) is 1. The molecule has 0 aromatic carbocycles. The van der Waals surface area contributed by atoms with Gasteiger partial charge in [-0.15, -0.1) is 0 Å². The molecule has 2 aromatic heterocycles. The van der Waals surface area contributed by atoms with Crippen LogP contribution in [-0.2, 0) is 16.1 Å². The molecule has 3 heterocycles. The van der Waals surface area contributed by atoms with E-state index in [1.807, 2.05) is 0 Å². The molecule has 2 aromatic rings. The number of halogens is 3. The predicted molar refractivity (Wildman–Crippen MR) is 94.7 cm³/mol. The first kappa shape index (κ1) is 18.0. The summed E-state index contributed by atoms with van der Waals surface area (Å²) in [7, 11) is 0. The molecular formula is C18H17ClF2N4O2. The molecule has 1 aliphatic carbocycles. The normalized spacial score (nSPS) is 17.1. The summed E-state index contributed by atoms with van der Waals surface area (Å²) in [6.07, 6.45) is 3.69. The van der Waals surface area contributed by atoms with Gasteiger partial charge < -0.3 is 9.64 Å². The summed E-state index contributed by atoms with van der Waals surface area (Å²) >= 11 is 6.05. The highest BCUT2D eigenvalue weighted by molar-refractivity contribution is 6.29. The van der Waals surface area contributed by atoms with Crippen LogP contribution in [-0.4, -0.2) is 34.1 Å². The topological polar surface area (TPSA) is 68.2 Å². The van der Waals surface area contributed by atoms with Gasteiger partial charge in [-0.3, -0.25) is 0 Å². The van der Waals surface area contributed by atoms with Gasteiger partial charge in [0.1, 0.15) is 11.0 Å². The quantitative estimate of drug-likeness (QED) is 0.576. The minimum atomic E-state index is -3.30. The van der Waals surface area contributed by atoms with Gasteiger partial charge >= 0.3 is 11.9 Å². The summed E-state index contributed by atoms with van der Waals surface area (Å²) in [5, 5.41) is 0.303. The number of fused-ring (bicyclic) bond motifs is 2. The van der Waals surface area contributed by atoms with Gasteiger partial charge in [-0.05, 0) is 25.8 Å². The van der Waals surface area contributed by atoms with Crippen LogP contribution < -0.4 is 4.90 Å². The summed E-state index contributed by atoms with van der Waals surface area (Å²) in [6.45, 7) is 3.02. The maximum Gasteiger partial charge on any atom is 0.357 e. The van der Waals surface area contributed by atoms with Crippen LogP contribution in [0.25, 0.3) is 0 Å². The SMILES string of the molecule is CCOC(=O)c1cc(N2CC3(CC3)c3cnc(Cl)cc32)nc(C(C)(F)F)n1. The molecule has 0 saturated heterocycles. The van der Waals surface area contributed by atoms with E-state index in [2.05, 4.69) is 15.0 Å². The molecule has 6 nitrogen and oxygen atoms in total. The monoisotopic (exact) mass is 394 g/mol. The smallest absolute Gasteiger partial charge is 0.357 e. The highest BCUT2D eigenvalue weighted by atomic mass is 35.5. The Hall–Kier alpha value is -2.35. The van der Waals surface area contributed by atoms with E-state index in [4.69, 9.17) is 16.3 Å². The molecule has 142 valence electrons. The number of carbonyl (C=O) groups excluding carboxylic acids is 1. The van der Waals surface area contributed by atoms with Crippen molar-refractivity contribution in [3.8, 4) is 0 Å². The van der Waals surface area contributed by atoms with Crippen LogP contribution in [0.15, 0.2) is 18.3 Å². The first-order chi connectivity index (χ1) is 12.7. The fourth-order valence-corrected chi connectivity index (χ4v) is 3.54. The first-order valence-electron chi connectivity index (χ1n) is 8.61. The molecule has 1 aliphatic heterocycles. The number of carbonyl (C=O) groups is 1. The van der Waals surface area contributed by atoms with E-state index in [9.17, 15) is 13.6 Å². The van der Waals surface area contributed by atoms with E-state index in [1.165, 1.54) is 6.07 Å². The Bertz CT molecular complexity index is 928. The summed E-state index contributed by atoms with van der Waals surface area (Å²) in [5.74, 6) is -4.56. The van der Waals surface area contributed by atoms with Crippen LogP contribution in [0.2, 0.25) is 5.15 Å². The van der Waals surface area contributed by atoms with Crippen molar-refractivity contribution in [1.82, 2.24) is 15.0 Å². The van der Waals surface area contributed by atoms with E-state index >= 15 is 0 Å². The summed E-state index contributed by atoms with van der Waals surface area (Å²) in [6, 6.07) is 3.08. The molecule has 2 aliphatic rings. The molecule has 0 atom stereocenters. The standard InChI is InChI=1S/C18H17ClF2N4O2/c1-3-27-15(26)11-6-14(24-16(23-11)17(2,20)21)25-9-18(4-5-18)10-8-22-13(19)7-12(10)25/h6-8H,3-5,9H2,1-2H3. The Morgan fingerprint density at radius 2 is 2.11 bits per heavy atom. The molecule has 0 bridgehead atoms. The number of rotatable bonds is 4. The Morgan fingerprint density at radius 3 is 2.74 bits per heavy atom. The van der Waals surface area contributed by atoms with Gasteiger partial charge in [0.05, 0.1) is 12.3 Å². The first-order valence-corrected chi connectivity index (χ1v) is 8.99. The van der Waals surface area contributed by atoms with Gasteiger partial charge in [-0.25, -0.2) is 19.7 Å². The third kappa shape index (κ3) is 3.12. The third-order valence-electron chi connectivity index (χ3n) is 4.89. The van der Waals surface area contributed by atoms with Crippen LogP contribution in [0.4, 0.5) is 20.3 Å². The zero-order valence-corrected chi connectivity index (χ0v) is 15.6. The fourth-order valence-electron chi connectivity index (χ4n) is 3.39. The van der Waals surface area contributed by atoms with Crippen LogP contribution in [0.5, 0.6) is 0 Å². The predicted octanol–water partition coefficient (Wildman–Crippen LogP) is 4.00. The summed E-state index contributed by atoms with van der Waals surface area (Å²) in [5.41, 5.74) is 1.54. The Labute approximate surface area is 159 Å². The van der Waals surface area contributed by atoms with Crippen LogP contribution in [0.3, 0.4) is 0 Å². The maximum absolute atomic E-state index is 13.9. The second-order valence-corrected chi connectivity index (χ2v) is 7.32. The number of aromatic nitrogens is 3. The van der Waals surface area contributed by atoms with Gasteiger partial charge in [0.25, 0.3) is 0 Å². The van der Waals surface area contributed by atoms with E-state index in [0.29, 0.717) is 18.6 Å². The van der Waals surface area contributed by atoms with Crippen molar-refractivity contribution in [3.63, 3.8) is 0 Å². The molecule has 1 fully saturated rings. The van der Waals surface area contributed by atoms with Gasteiger partial charge in [0.15, 0.2) is 5.69 Å². The minimum Gasteiger partial charge on any atom is -0.461 e. The average molecular weight is 395 g/mol. The molecule has 1 saturated carbocycles. The Balaban J connectivity index is 1.83. The third-order valence-corrected chi connectivity index (χ3v) is 5.10. The number of anilines is 2. The number of esters is 1. The second-order valence-electron chi connectivity index (χ2n) is 6.93. The average Bonchev–Trinajstić information content (AvgIpc) is 3.31. The van der Waals surface area contributed by atoms with E-state index in [-0.39, 0.29) is 23.5 Å². The molecule has 4 rings (SSSR count). The van der Waals surface area contributed by atoms with Crippen molar-refractivity contribution in [2.45, 2.75) is 38.0 Å². The van der Waals surface area contributed by atoms with Crippen LogP contribution in [0.1, 0.15) is 48.6 Å². The number of hydrogen-bond donors (Lipinski definition) is 0. The Morgan fingerprint density at radius 1 is 1.37 bits per heavy atom. The van der Waals surface area contributed by atoms with Crippen molar-refractivity contribution in [3.05, 3.63) is 40.6 Å². The molecule has 27 heavy (non-hydrogen) atoms. The summed E-state index contributed by atoms with van der Waals surface area (Å²) in [4.78, 5) is 25.8. The lowest BCUT2D eigenvalue weighted by atomic mass is 10.0. The van der Waals surface area contributed by atoms with Crippen molar-refractivity contribution in [2.75, 3.05) is 18.1 Å².